The molecule has 1 atom stereocenters. The first-order valence-electron chi connectivity index (χ1n) is 9.50. The Kier molecular flexibility index (Phi) is 5.78. The smallest absolute Gasteiger partial charge is 0.426 e. The number of hydrazine groups is 1. The molecule has 8 heteroatoms. The molecule has 3 rings (SSSR count). The molecule has 1 unspecified atom stereocenters. The molecule has 0 spiro atoms. The number of hydrogen-bond acceptors (Lipinski definition) is 4. The number of carbonyl (C=O) groups excluding carboxylic acids is 3. The van der Waals surface area contributed by atoms with Crippen molar-refractivity contribution in [2.75, 3.05) is 7.05 Å². The van der Waals surface area contributed by atoms with Crippen LogP contribution in [0.3, 0.4) is 0 Å². The Morgan fingerprint density at radius 2 is 1.77 bits per heavy atom. The van der Waals surface area contributed by atoms with Gasteiger partial charge in [-0.25, -0.2) is 14.6 Å². The van der Waals surface area contributed by atoms with Crippen LogP contribution in [0.15, 0.2) is 42.5 Å². The Morgan fingerprint density at radius 1 is 1.10 bits per heavy atom. The maximum atomic E-state index is 13.2. The number of halogens is 1. The van der Waals surface area contributed by atoms with Crippen LogP contribution in [-0.2, 0) is 11.2 Å². The highest BCUT2D eigenvalue weighted by Gasteiger charge is 2.31. The van der Waals surface area contributed by atoms with E-state index in [1.807, 2.05) is 0 Å². The lowest BCUT2D eigenvalue weighted by atomic mass is 9.89. The Hall–Kier alpha value is -3.42. The molecule has 30 heavy (non-hydrogen) atoms. The molecule has 1 aliphatic rings. The summed E-state index contributed by atoms with van der Waals surface area (Å²) in [7, 11) is 1.68. The summed E-state index contributed by atoms with van der Waals surface area (Å²) in [5.74, 6) is -1.14. The largest absolute Gasteiger partial charge is 0.443 e. The first-order valence-corrected chi connectivity index (χ1v) is 9.50. The normalized spacial score (nSPS) is 16.0. The van der Waals surface area contributed by atoms with E-state index in [1.54, 1.807) is 57.0 Å². The van der Waals surface area contributed by atoms with Crippen molar-refractivity contribution in [1.29, 1.82) is 0 Å². The lowest BCUT2D eigenvalue weighted by Crippen LogP contribution is -2.44. The number of amides is 3. The van der Waals surface area contributed by atoms with E-state index in [-0.39, 0.29) is 23.3 Å². The maximum Gasteiger partial charge on any atom is 0.426 e. The SMILES string of the molecule is CN1C(=O)c2cc(C(=O)NNC(=O)OC(C)(C)C)ccc2CC1c1ccc(F)cc1. The number of carbonyl (C=O) groups is 3. The molecule has 2 N–H and O–H groups in total. The summed E-state index contributed by atoms with van der Waals surface area (Å²) < 4.78 is 18.3. The molecule has 1 aliphatic heterocycles. The van der Waals surface area contributed by atoms with Crippen molar-refractivity contribution in [1.82, 2.24) is 15.8 Å². The zero-order valence-corrected chi connectivity index (χ0v) is 17.3. The van der Waals surface area contributed by atoms with Gasteiger partial charge in [0.1, 0.15) is 11.4 Å². The molecule has 0 bridgehead atoms. The van der Waals surface area contributed by atoms with Crippen molar-refractivity contribution < 1.29 is 23.5 Å². The Bertz CT molecular complexity index is 983. The third kappa shape index (κ3) is 4.76. The number of likely N-dealkylation sites (N-methyl/N-ethyl adjacent to an activating group) is 1. The lowest BCUT2D eigenvalue weighted by molar-refractivity contribution is 0.0483. The molecule has 0 fully saturated rings. The summed E-state index contributed by atoms with van der Waals surface area (Å²) in [5.41, 5.74) is 6.03. The van der Waals surface area contributed by atoms with Gasteiger partial charge in [0.15, 0.2) is 0 Å². The van der Waals surface area contributed by atoms with Crippen molar-refractivity contribution in [3.63, 3.8) is 0 Å². The van der Waals surface area contributed by atoms with E-state index in [2.05, 4.69) is 10.9 Å². The van der Waals surface area contributed by atoms with Crippen LogP contribution < -0.4 is 10.9 Å². The summed E-state index contributed by atoms with van der Waals surface area (Å²) >= 11 is 0. The van der Waals surface area contributed by atoms with E-state index in [9.17, 15) is 18.8 Å². The number of benzene rings is 2. The van der Waals surface area contributed by atoms with E-state index in [0.29, 0.717) is 12.0 Å². The fourth-order valence-corrected chi connectivity index (χ4v) is 3.28. The van der Waals surface area contributed by atoms with Crippen LogP contribution in [0, 0.1) is 5.82 Å². The molecule has 1 heterocycles. The fraction of sp³-hybridized carbons (Fsp3) is 0.318. The molecular formula is C22H24FN3O4. The highest BCUT2D eigenvalue weighted by molar-refractivity contribution is 6.01. The van der Waals surface area contributed by atoms with Gasteiger partial charge in [-0.2, -0.15) is 0 Å². The van der Waals surface area contributed by atoms with Crippen LogP contribution in [0.4, 0.5) is 9.18 Å². The number of nitrogens with zero attached hydrogens (tertiary/aromatic N) is 1. The molecule has 2 aromatic carbocycles. The monoisotopic (exact) mass is 413 g/mol. The van der Waals surface area contributed by atoms with Crippen LogP contribution in [0.2, 0.25) is 0 Å². The standard InChI is InChI=1S/C22H24FN3O4/c1-22(2,3)30-21(29)25-24-19(27)15-6-5-14-12-18(13-7-9-16(23)10-8-13)26(4)20(28)17(14)11-15/h5-11,18H,12H2,1-4H3,(H,24,27)(H,25,29). The Labute approximate surface area is 174 Å². The van der Waals surface area contributed by atoms with E-state index >= 15 is 0 Å². The van der Waals surface area contributed by atoms with Gasteiger partial charge in [-0.15, -0.1) is 0 Å². The van der Waals surface area contributed by atoms with Crippen LogP contribution in [-0.4, -0.2) is 35.5 Å². The highest BCUT2D eigenvalue weighted by Crippen LogP contribution is 2.32. The number of hydrogen-bond donors (Lipinski definition) is 2. The van der Waals surface area contributed by atoms with Crippen LogP contribution >= 0.6 is 0 Å². The molecule has 0 saturated carbocycles. The van der Waals surface area contributed by atoms with Gasteiger partial charge < -0.3 is 9.64 Å². The third-order valence-corrected chi connectivity index (χ3v) is 4.74. The second kappa shape index (κ2) is 8.14. The molecule has 3 amide bonds. The second-order valence-electron chi connectivity index (χ2n) is 8.14. The lowest BCUT2D eigenvalue weighted by Gasteiger charge is -2.34. The first-order chi connectivity index (χ1) is 14.0. The zero-order chi connectivity index (χ0) is 22.1. The van der Waals surface area contributed by atoms with E-state index in [0.717, 1.165) is 11.1 Å². The highest BCUT2D eigenvalue weighted by atomic mass is 19.1. The number of fused-ring (bicyclic) bond motifs is 1. The molecule has 0 aromatic heterocycles. The summed E-state index contributed by atoms with van der Waals surface area (Å²) in [6.45, 7) is 5.12. The van der Waals surface area contributed by atoms with Crippen LogP contribution in [0.5, 0.6) is 0 Å². The van der Waals surface area contributed by atoms with Crippen molar-refractivity contribution >= 4 is 17.9 Å². The van der Waals surface area contributed by atoms with Gasteiger partial charge in [0.25, 0.3) is 11.8 Å². The number of rotatable bonds is 2. The average Bonchev–Trinajstić information content (AvgIpc) is 2.68. The minimum atomic E-state index is -0.785. The predicted octanol–water partition coefficient (Wildman–Crippen LogP) is 3.36. The van der Waals surface area contributed by atoms with Gasteiger partial charge in [0.05, 0.1) is 6.04 Å². The van der Waals surface area contributed by atoms with Gasteiger partial charge in [-0.1, -0.05) is 18.2 Å². The average molecular weight is 413 g/mol. The van der Waals surface area contributed by atoms with E-state index < -0.39 is 17.6 Å². The predicted molar refractivity (Wildman–Crippen MR) is 108 cm³/mol. The van der Waals surface area contributed by atoms with Gasteiger partial charge in [-0.05, 0) is 62.6 Å². The van der Waals surface area contributed by atoms with E-state index in [1.165, 1.54) is 18.2 Å². The van der Waals surface area contributed by atoms with Gasteiger partial charge in [0, 0.05) is 18.2 Å². The molecule has 0 aliphatic carbocycles. The number of ether oxygens (including phenoxy) is 1. The molecule has 0 radical (unpaired) electrons. The van der Waals surface area contributed by atoms with Gasteiger partial charge >= 0.3 is 6.09 Å². The van der Waals surface area contributed by atoms with Crippen LogP contribution in [0.25, 0.3) is 0 Å². The minimum absolute atomic E-state index is 0.223. The second-order valence-corrected chi connectivity index (χ2v) is 8.14. The van der Waals surface area contributed by atoms with Crippen molar-refractivity contribution in [3.8, 4) is 0 Å². The molecule has 2 aromatic rings. The maximum absolute atomic E-state index is 13.2. The van der Waals surface area contributed by atoms with Crippen molar-refractivity contribution in [2.24, 2.45) is 0 Å². The molecule has 7 nitrogen and oxygen atoms in total. The summed E-state index contributed by atoms with van der Waals surface area (Å²) in [4.78, 5) is 38.5. The topological polar surface area (TPSA) is 87.7 Å². The molecule has 158 valence electrons. The summed E-state index contributed by atoms with van der Waals surface area (Å²) in [5, 5.41) is 0. The summed E-state index contributed by atoms with van der Waals surface area (Å²) in [6, 6.07) is 10.7. The van der Waals surface area contributed by atoms with E-state index in [4.69, 9.17) is 4.74 Å². The fourth-order valence-electron chi connectivity index (χ4n) is 3.28. The quantitative estimate of drug-likeness (QED) is 0.739. The van der Waals surface area contributed by atoms with Crippen molar-refractivity contribution in [2.45, 2.75) is 38.8 Å². The Morgan fingerprint density at radius 3 is 2.40 bits per heavy atom. The van der Waals surface area contributed by atoms with Crippen molar-refractivity contribution in [3.05, 3.63) is 70.5 Å². The van der Waals surface area contributed by atoms with Gasteiger partial charge in [-0.3, -0.25) is 15.0 Å². The molecule has 0 saturated heterocycles. The first kappa shape index (κ1) is 21.3. The van der Waals surface area contributed by atoms with Gasteiger partial charge in [0.2, 0.25) is 0 Å². The Balaban J connectivity index is 1.74. The van der Waals surface area contributed by atoms with Crippen LogP contribution in [0.1, 0.15) is 58.7 Å². The zero-order valence-electron chi connectivity index (χ0n) is 17.3. The third-order valence-electron chi connectivity index (χ3n) is 4.74. The summed E-state index contributed by atoms with van der Waals surface area (Å²) in [6.07, 6.45) is -0.242. The molecular weight excluding hydrogens is 389 g/mol. The minimum Gasteiger partial charge on any atom is -0.443 e. The number of nitrogens with one attached hydrogen (secondary N) is 2.